The smallest absolute Gasteiger partial charge is 0.265 e. The van der Waals surface area contributed by atoms with E-state index in [2.05, 4.69) is 15.0 Å². The Hall–Kier alpha value is -1.82. The van der Waals surface area contributed by atoms with Crippen LogP contribution in [-0.4, -0.2) is 20.7 Å². The van der Waals surface area contributed by atoms with Crippen molar-refractivity contribution in [1.29, 1.82) is 0 Å². The van der Waals surface area contributed by atoms with E-state index in [1.54, 1.807) is 24.7 Å². The number of halogens is 2. The van der Waals surface area contributed by atoms with Gasteiger partial charge in [0.2, 0.25) is 0 Å². The minimum absolute atomic E-state index is 0.301. The zero-order chi connectivity index (χ0) is 13.5. The van der Waals surface area contributed by atoms with Crippen molar-refractivity contribution in [2.45, 2.75) is 11.6 Å². The zero-order valence-electron chi connectivity index (χ0n) is 9.96. The number of hydrogen-bond donors (Lipinski definition) is 0. The van der Waals surface area contributed by atoms with Crippen LogP contribution in [0.15, 0.2) is 54.1 Å². The quantitative estimate of drug-likeness (QED) is 0.474. The third-order valence-corrected chi connectivity index (χ3v) is 3.15. The summed E-state index contributed by atoms with van der Waals surface area (Å²) in [7, 11) is 0. The Balaban J connectivity index is 2.02. The molecule has 0 radical (unpaired) electrons. The Bertz CT molecular complexity index is 557. The molecule has 0 N–H and O–H groups in total. The number of allylic oxidation sites excluding steroid dienone is 1. The first kappa shape index (κ1) is 13.6. The number of pyridine rings is 1. The highest BCUT2D eigenvalue weighted by molar-refractivity contribution is 7.99. The number of rotatable bonds is 5. The van der Waals surface area contributed by atoms with Crippen LogP contribution in [0.4, 0.5) is 8.78 Å². The molecule has 0 fully saturated rings. The second-order valence-electron chi connectivity index (χ2n) is 3.59. The van der Waals surface area contributed by atoms with E-state index >= 15 is 0 Å². The SMILES string of the molecule is FC(F)=CCCSc1nccc(-c2ccncc2)n1. The summed E-state index contributed by atoms with van der Waals surface area (Å²) < 4.78 is 23.7. The molecule has 2 aromatic heterocycles. The molecule has 6 heteroatoms. The number of nitrogens with zero attached hydrogens (tertiary/aromatic N) is 3. The molecule has 2 heterocycles. The number of thioether (sulfide) groups is 1. The molecule has 3 nitrogen and oxygen atoms in total. The van der Waals surface area contributed by atoms with E-state index < -0.39 is 6.08 Å². The van der Waals surface area contributed by atoms with Crippen LogP contribution >= 0.6 is 11.8 Å². The van der Waals surface area contributed by atoms with Crippen molar-refractivity contribution in [1.82, 2.24) is 15.0 Å². The van der Waals surface area contributed by atoms with E-state index in [1.165, 1.54) is 11.8 Å². The third-order valence-electron chi connectivity index (χ3n) is 2.26. The fourth-order valence-electron chi connectivity index (χ4n) is 1.41. The molecule has 0 bridgehead atoms. The van der Waals surface area contributed by atoms with Crippen LogP contribution in [0.25, 0.3) is 11.3 Å². The Morgan fingerprint density at radius 1 is 1.16 bits per heavy atom. The highest BCUT2D eigenvalue weighted by Gasteiger charge is 2.02. The van der Waals surface area contributed by atoms with Gasteiger partial charge in [-0.1, -0.05) is 11.8 Å². The van der Waals surface area contributed by atoms with Gasteiger partial charge in [0.1, 0.15) is 0 Å². The Labute approximate surface area is 113 Å². The molecule has 0 unspecified atom stereocenters. The molecule has 0 aliphatic carbocycles. The van der Waals surface area contributed by atoms with Crippen LogP contribution in [0.3, 0.4) is 0 Å². The van der Waals surface area contributed by atoms with Gasteiger partial charge in [-0.05, 0) is 30.7 Å². The molecule has 0 aliphatic heterocycles. The first-order valence-electron chi connectivity index (χ1n) is 5.63. The molecule has 0 saturated heterocycles. The van der Waals surface area contributed by atoms with Crippen molar-refractivity contribution in [3.8, 4) is 11.3 Å². The monoisotopic (exact) mass is 279 g/mol. The lowest BCUT2D eigenvalue weighted by Gasteiger charge is -2.02. The summed E-state index contributed by atoms with van der Waals surface area (Å²) in [5.74, 6) is 0.525. The Kier molecular flexibility index (Phi) is 4.97. The van der Waals surface area contributed by atoms with Crippen LogP contribution in [0, 0.1) is 0 Å². The molecule has 0 aromatic carbocycles. The molecular formula is C13H11F2N3S. The molecule has 2 rings (SSSR count). The fraction of sp³-hybridized carbons (Fsp3) is 0.154. The molecule has 0 spiro atoms. The summed E-state index contributed by atoms with van der Waals surface area (Å²) in [6.45, 7) is 0. The van der Waals surface area contributed by atoms with E-state index in [4.69, 9.17) is 0 Å². The summed E-state index contributed by atoms with van der Waals surface area (Å²) in [6.07, 6.45) is 4.61. The topological polar surface area (TPSA) is 38.7 Å². The van der Waals surface area contributed by atoms with Gasteiger partial charge < -0.3 is 0 Å². The minimum Gasteiger partial charge on any atom is -0.265 e. The molecule has 0 saturated carbocycles. The van der Waals surface area contributed by atoms with Crippen molar-refractivity contribution in [3.63, 3.8) is 0 Å². The van der Waals surface area contributed by atoms with Crippen LogP contribution < -0.4 is 0 Å². The lowest BCUT2D eigenvalue weighted by molar-refractivity contribution is 0.418. The van der Waals surface area contributed by atoms with Crippen molar-refractivity contribution in [2.24, 2.45) is 0 Å². The molecule has 0 aliphatic rings. The predicted octanol–water partition coefficient (Wildman–Crippen LogP) is 3.80. The van der Waals surface area contributed by atoms with Gasteiger partial charge in [-0.15, -0.1) is 0 Å². The van der Waals surface area contributed by atoms with Crippen molar-refractivity contribution in [3.05, 3.63) is 48.9 Å². The molecule has 2 aromatic rings. The van der Waals surface area contributed by atoms with Crippen LogP contribution in [0.1, 0.15) is 6.42 Å². The van der Waals surface area contributed by atoms with Gasteiger partial charge in [-0.25, -0.2) is 9.97 Å². The summed E-state index contributed by atoms with van der Waals surface area (Å²) >= 11 is 1.36. The van der Waals surface area contributed by atoms with Crippen molar-refractivity contribution < 1.29 is 8.78 Å². The largest absolute Gasteiger partial charge is 0.266 e. The molecular weight excluding hydrogens is 268 g/mol. The second-order valence-corrected chi connectivity index (χ2v) is 4.65. The summed E-state index contributed by atoms with van der Waals surface area (Å²) in [5.41, 5.74) is 1.75. The maximum Gasteiger partial charge on any atom is 0.266 e. The lowest BCUT2D eigenvalue weighted by Crippen LogP contribution is -1.90. The molecule has 0 atom stereocenters. The summed E-state index contributed by atoms with van der Waals surface area (Å²) in [6, 6.07) is 5.52. The zero-order valence-corrected chi connectivity index (χ0v) is 10.8. The maximum atomic E-state index is 11.9. The summed E-state index contributed by atoms with van der Waals surface area (Å²) in [4.78, 5) is 12.4. The normalized spacial score (nSPS) is 10.2. The van der Waals surface area contributed by atoms with E-state index in [-0.39, 0.29) is 0 Å². The van der Waals surface area contributed by atoms with Crippen molar-refractivity contribution in [2.75, 3.05) is 5.75 Å². The standard InChI is InChI=1S/C13H11F2N3S/c14-12(15)2-1-9-19-13-17-8-5-11(18-13)10-3-6-16-7-4-10/h2-8H,1,9H2. The van der Waals surface area contributed by atoms with E-state index in [0.717, 1.165) is 17.3 Å². The molecule has 19 heavy (non-hydrogen) atoms. The predicted molar refractivity (Wildman–Crippen MR) is 70.9 cm³/mol. The first-order valence-corrected chi connectivity index (χ1v) is 6.61. The molecule has 98 valence electrons. The molecule has 0 amide bonds. The van der Waals surface area contributed by atoms with Crippen LogP contribution in [-0.2, 0) is 0 Å². The average Bonchev–Trinajstić information content (AvgIpc) is 2.45. The number of hydrogen-bond acceptors (Lipinski definition) is 4. The summed E-state index contributed by atoms with van der Waals surface area (Å²) in [5, 5.41) is 0.585. The average molecular weight is 279 g/mol. The lowest BCUT2D eigenvalue weighted by atomic mass is 10.2. The van der Waals surface area contributed by atoms with Crippen LogP contribution in [0.2, 0.25) is 0 Å². The third kappa shape index (κ3) is 4.40. The Morgan fingerprint density at radius 2 is 1.95 bits per heavy atom. The van der Waals surface area contributed by atoms with Crippen LogP contribution in [0.5, 0.6) is 0 Å². The van der Waals surface area contributed by atoms with Gasteiger partial charge in [-0.3, -0.25) is 4.98 Å². The van der Waals surface area contributed by atoms with Crippen molar-refractivity contribution >= 4 is 11.8 Å². The van der Waals surface area contributed by atoms with E-state index in [1.807, 2.05) is 12.1 Å². The van der Waals surface area contributed by atoms with Gasteiger partial charge in [-0.2, -0.15) is 8.78 Å². The highest BCUT2D eigenvalue weighted by Crippen LogP contribution is 2.20. The van der Waals surface area contributed by atoms with Gasteiger partial charge in [0, 0.05) is 29.9 Å². The highest BCUT2D eigenvalue weighted by atomic mass is 32.2. The van der Waals surface area contributed by atoms with Gasteiger partial charge >= 0.3 is 0 Å². The second kappa shape index (κ2) is 6.94. The maximum absolute atomic E-state index is 11.9. The van der Waals surface area contributed by atoms with Gasteiger partial charge in [0.15, 0.2) is 5.16 Å². The van der Waals surface area contributed by atoms with Gasteiger partial charge in [0.25, 0.3) is 6.08 Å². The first-order chi connectivity index (χ1) is 9.25. The number of aromatic nitrogens is 3. The van der Waals surface area contributed by atoms with Gasteiger partial charge in [0.05, 0.1) is 5.69 Å². The Morgan fingerprint density at radius 3 is 2.68 bits per heavy atom. The van der Waals surface area contributed by atoms with E-state index in [0.29, 0.717) is 17.3 Å². The fourth-order valence-corrected chi connectivity index (χ4v) is 2.13. The minimum atomic E-state index is -1.65. The van der Waals surface area contributed by atoms with E-state index in [9.17, 15) is 8.78 Å².